The number of methoxy groups -OCH3 is 1. The van der Waals surface area contributed by atoms with Crippen molar-refractivity contribution in [2.24, 2.45) is 0 Å². The molecular formula is C22H23N3O4. The van der Waals surface area contributed by atoms with Crippen LogP contribution < -0.4 is 10.3 Å². The van der Waals surface area contributed by atoms with Gasteiger partial charge in [-0.15, -0.1) is 0 Å². The highest BCUT2D eigenvalue weighted by atomic mass is 16.5. The smallest absolute Gasteiger partial charge is 0.409 e. The molecule has 2 aromatic carbocycles. The first-order valence-electron chi connectivity index (χ1n) is 9.67. The Morgan fingerprint density at radius 2 is 1.90 bits per heavy atom. The number of benzene rings is 2. The second kappa shape index (κ2) is 8.34. The molecule has 0 atom stereocenters. The van der Waals surface area contributed by atoms with Gasteiger partial charge >= 0.3 is 6.09 Å². The second-order valence-corrected chi connectivity index (χ2v) is 7.12. The zero-order valence-corrected chi connectivity index (χ0v) is 16.3. The monoisotopic (exact) mass is 393 g/mol. The van der Waals surface area contributed by atoms with Crippen molar-refractivity contribution < 1.29 is 14.3 Å². The number of ether oxygens (including phenoxy) is 2. The summed E-state index contributed by atoms with van der Waals surface area (Å²) in [5.41, 5.74) is 1.59. The van der Waals surface area contributed by atoms with Crippen LogP contribution >= 0.6 is 0 Å². The Balaban J connectivity index is 1.51. The predicted octanol–water partition coefficient (Wildman–Crippen LogP) is 3.05. The van der Waals surface area contributed by atoms with Crippen LogP contribution in [-0.4, -0.2) is 46.8 Å². The summed E-state index contributed by atoms with van der Waals surface area (Å²) in [5, 5.41) is 0.535. The van der Waals surface area contributed by atoms with Crippen molar-refractivity contribution in [2.45, 2.75) is 25.5 Å². The first kappa shape index (κ1) is 19.0. The van der Waals surface area contributed by atoms with Crippen LogP contribution in [0.5, 0.6) is 5.75 Å². The fourth-order valence-electron chi connectivity index (χ4n) is 3.58. The molecule has 7 heteroatoms. The lowest BCUT2D eigenvalue weighted by Gasteiger charge is -2.31. The molecule has 2 heterocycles. The van der Waals surface area contributed by atoms with Gasteiger partial charge in [-0.05, 0) is 23.8 Å². The minimum atomic E-state index is -0.306. The third kappa shape index (κ3) is 4.23. The number of piperidine rings is 1. The van der Waals surface area contributed by atoms with Crippen molar-refractivity contribution in [2.75, 3.05) is 20.2 Å². The number of likely N-dealkylation sites (tertiary alicyclic amines) is 1. The molecule has 1 aliphatic heterocycles. The second-order valence-electron chi connectivity index (χ2n) is 7.12. The molecule has 1 aliphatic rings. The number of amides is 1. The number of carbonyl (C=O) groups excluding carboxylic acids is 1. The normalized spacial score (nSPS) is 14.7. The lowest BCUT2D eigenvalue weighted by Crippen LogP contribution is -2.41. The molecule has 0 aliphatic carbocycles. The molecule has 1 fully saturated rings. The minimum absolute atomic E-state index is 0.00317. The van der Waals surface area contributed by atoms with E-state index in [2.05, 4.69) is 4.98 Å². The van der Waals surface area contributed by atoms with Gasteiger partial charge in [0.25, 0.3) is 5.56 Å². The molecule has 3 aromatic rings. The number of hydrogen-bond donors (Lipinski definition) is 0. The van der Waals surface area contributed by atoms with Crippen LogP contribution in [0, 0.1) is 0 Å². The van der Waals surface area contributed by atoms with Gasteiger partial charge < -0.3 is 14.4 Å². The Morgan fingerprint density at radius 1 is 1.14 bits per heavy atom. The van der Waals surface area contributed by atoms with Gasteiger partial charge in [0.15, 0.2) is 0 Å². The summed E-state index contributed by atoms with van der Waals surface area (Å²) in [7, 11) is 1.39. The van der Waals surface area contributed by atoms with Gasteiger partial charge in [-0.2, -0.15) is 0 Å². The van der Waals surface area contributed by atoms with Gasteiger partial charge in [0, 0.05) is 25.9 Å². The minimum Gasteiger partial charge on any atom is -0.490 e. The van der Waals surface area contributed by atoms with E-state index in [1.54, 1.807) is 21.9 Å². The average molecular weight is 393 g/mol. The van der Waals surface area contributed by atoms with Crippen LogP contribution in [-0.2, 0) is 11.3 Å². The summed E-state index contributed by atoms with van der Waals surface area (Å²) < 4.78 is 12.5. The third-order valence-electron chi connectivity index (χ3n) is 5.17. The van der Waals surface area contributed by atoms with E-state index in [0.29, 0.717) is 36.3 Å². The summed E-state index contributed by atoms with van der Waals surface area (Å²) >= 11 is 0. The van der Waals surface area contributed by atoms with Gasteiger partial charge in [-0.1, -0.05) is 30.3 Å². The highest BCUT2D eigenvalue weighted by molar-refractivity contribution is 5.79. The SMILES string of the molecule is COC(=O)N1CCC(Oc2ccc3ncn(Cc4ccccc4)c(=O)c3c2)CC1. The molecule has 0 unspecified atom stereocenters. The molecule has 1 saturated heterocycles. The van der Waals surface area contributed by atoms with Gasteiger partial charge in [0.2, 0.25) is 0 Å². The maximum atomic E-state index is 12.9. The molecular weight excluding hydrogens is 370 g/mol. The molecule has 0 saturated carbocycles. The van der Waals surface area contributed by atoms with E-state index in [9.17, 15) is 9.59 Å². The summed E-state index contributed by atoms with van der Waals surface area (Å²) in [5.74, 6) is 0.644. The van der Waals surface area contributed by atoms with E-state index in [1.165, 1.54) is 7.11 Å². The molecule has 0 N–H and O–H groups in total. The average Bonchev–Trinajstić information content (AvgIpc) is 2.77. The third-order valence-corrected chi connectivity index (χ3v) is 5.17. The largest absolute Gasteiger partial charge is 0.490 e. The molecule has 150 valence electrons. The first-order valence-corrected chi connectivity index (χ1v) is 9.67. The molecule has 7 nitrogen and oxygen atoms in total. The van der Waals surface area contributed by atoms with Gasteiger partial charge in [0.05, 0.1) is 30.9 Å². The van der Waals surface area contributed by atoms with E-state index < -0.39 is 0 Å². The fraction of sp³-hybridized carbons (Fsp3) is 0.318. The van der Waals surface area contributed by atoms with Crippen LogP contribution in [0.25, 0.3) is 10.9 Å². The van der Waals surface area contributed by atoms with Crippen LogP contribution in [0.15, 0.2) is 59.7 Å². The van der Waals surface area contributed by atoms with Crippen LogP contribution in [0.4, 0.5) is 4.79 Å². The highest BCUT2D eigenvalue weighted by Crippen LogP contribution is 2.22. The maximum Gasteiger partial charge on any atom is 0.409 e. The van der Waals surface area contributed by atoms with Gasteiger partial charge in [-0.25, -0.2) is 9.78 Å². The zero-order chi connectivity index (χ0) is 20.2. The molecule has 0 radical (unpaired) electrons. The molecule has 29 heavy (non-hydrogen) atoms. The lowest BCUT2D eigenvalue weighted by molar-refractivity contribution is 0.0791. The standard InChI is InChI=1S/C22H23N3O4/c1-28-22(27)24-11-9-17(10-12-24)29-18-7-8-20-19(13-18)21(26)25(15-23-20)14-16-5-3-2-4-6-16/h2-8,13,15,17H,9-12,14H2,1H3. The van der Waals surface area contributed by atoms with Crippen LogP contribution in [0.3, 0.4) is 0 Å². The van der Waals surface area contributed by atoms with Crippen molar-refractivity contribution in [1.82, 2.24) is 14.5 Å². The molecule has 4 rings (SSSR count). The van der Waals surface area contributed by atoms with Gasteiger partial charge in [-0.3, -0.25) is 9.36 Å². The van der Waals surface area contributed by atoms with E-state index in [1.807, 2.05) is 42.5 Å². The fourth-order valence-corrected chi connectivity index (χ4v) is 3.58. The predicted molar refractivity (Wildman–Crippen MR) is 109 cm³/mol. The molecule has 1 aromatic heterocycles. The van der Waals surface area contributed by atoms with Crippen molar-refractivity contribution in [3.63, 3.8) is 0 Å². The number of rotatable bonds is 4. The molecule has 0 spiro atoms. The zero-order valence-electron chi connectivity index (χ0n) is 16.3. The Kier molecular flexibility index (Phi) is 5.46. The molecule has 1 amide bonds. The quantitative estimate of drug-likeness (QED) is 0.681. The van der Waals surface area contributed by atoms with E-state index in [4.69, 9.17) is 9.47 Å². The summed E-state index contributed by atoms with van der Waals surface area (Å²) in [6.45, 7) is 1.66. The number of hydrogen-bond acceptors (Lipinski definition) is 5. The van der Waals surface area contributed by atoms with Gasteiger partial charge in [0.1, 0.15) is 11.9 Å². The number of carbonyl (C=O) groups is 1. The van der Waals surface area contributed by atoms with E-state index >= 15 is 0 Å². The van der Waals surface area contributed by atoms with Crippen LogP contribution in [0.1, 0.15) is 18.4 Å². The van der Waals surface area contributed by atoms with Crippen LogP contribution in [0.2, 0.25) is 0 Å². The Morgan fingerprint density at radius 3 is 2.62 bits per heavy atom. The number of aromatic nitrogens is 2. The summed E-state index contributed by atoms with van der Waals surface area (Å²) in [4.78, 5) is 30.6. The van der Waals surface area contributed by atoms with Crippen molar-refractivity contribution >= 4 is 17.0 Å². The van der Waals surface area contributed by atoms with Crippen molar-refractivity contribution in [3.8, 4) is 5.75 Å². The van der Waals surface area contributed by atoms with Crippen molar-refractivity contribution in [1.29, 1.82) is 0 Å². The summed E-state index contributed by atoms with van der Waals surface area (Å²) in [6.07, 6.45) is 2.72. The maximum absolute atomic E-state index is 12.9. The summed E-state index contributed by atoms with van der Waals surface area (Å²) in [6, 6.07) is 15.2. The Hall–Kier alpha value is -3.35. The number of fused-ring (bicyclic) bond motifs is 1. The Labute approximate surface area is 168 Å². The highest BCUT2D eigenvalue weighted by Gasteiger charge is 2.24. The lowest BCUT2D eigenvalue weighted by atomic mass is 10.1. The number of nitrogens with zero attached hydrogens (tertiary/aromatic N) is 3. The first-order chi connectivity index (χ1) is 14.1. The van der Waals surface area contributed by atoms with E-state index in [-0.39, 0.29) is 17.8 Å². The molecule has 0 bridgehead atoms. The Bertz CT molecular complexity index is 1060. The van der Waals surface area contributed by atoms with Crippen molar-refractivity contribution in [3.05, 3.63) is 70.8 Å². The topological polar surface area (TPSA) is 73.7 Å². The van der Waals surface area contributed by atoms with E-state index in [0.717, 1.165) is 18.4 Å².